The van der Waals surface area contributed by atoms with Crippen LogP contribution in [0.3, 0.4) is 0 Å². The van der Waals surface area contributed by atoms with Gasteiger partial charge in [0.15, 0.2) is 0 Å². The standard InChI is InChI=1S/C15H24BrN3/c1-12-10-13(16)4-5-14(12)18-6-8-19(9-7-18)15(2,3)11-17/h4-5,10H,6-9,11,17H2,1-3H3. The molecule has 0 aliphatic carbocycles. The molecule has 0 spiro atoms. The summed E-state index contributed by atoms with van der Waals surface area (Å²) in [5.41, 5.74) is 8.66. The fourth-order valence-electron chi connectivity index (χ4n) is 2.66. The van der Waals surface area contributed by atoms with Crippen LogP contribution in [0.15, 0.2) is 22.7 Å². The number of halogens is 1. The molecule has 2 rings (SSSR count). The molecule has 3 nitrogen and oxygen atoms in total. The first kappa shape index (κ1) is 14.8. The minimum Gasteiger partial charge on any atom is -0.369 e. The van der Waals surface area contributed by atoms with E-state index in [-0.39, 0.29) is 5.54 Å². The summed E-state index contributed by atoms with van der Waals surface area (Å²) < 4.78 is 1.15. The summed E-state index contributed by atoms with van der Waals surface area (Å²) in [5.74, 6) is 0. The lowest BCUT2D eigenvalue weighted by Gasteiger charge is -2.44. The maximum Gasteiger partial charge on any atom is 0.0397 e. The van der Waals surface area contributed by atoms with E-state index in [1.807, 2.05) is 0 Å². The Labute approximate surface area is 124 Å². The zero-order valence-corrected chi connectivity index (χ0v) is 13.7. The minimum absolute atomic E-state index is 0.112. The Kier molecular flexibility index (Phi) is 4.54. The molecule has 1 aromatic carbocycles. The van der Waals surface area contributed by atoms with Gasteiger partial charge in [-0.05, 0) is 44.5 Å². The molecule has 1 aliphatic rings. The van der Waals surface area contributed by atoms with Crippen LogP contribution in [0.25, 0.3) is 0 Å². The van der Waals surface area contributed by atoms with E-state index in [4.69, 9.17) is 5.73 Å². The van der Waals surface area contributed by atoms with E-state index in [1.54, 1.807) is 0 Å². The van der Waals surface area contributed by atoms with E-state index < -0.39 is 0 Å². The monoisotopic (exact) mass is 325 g/mol. The summed E-state index contributed by atoms with van der Waals surface area (Å²) in [5, 5.41) is 0. The number of aryl methyl sites for hydroxylation is 1. The van der Waals surface area contributed by atoms with Gasteiger partial charge in [0.2, 0.25) is 0 Å². The molecule has 0 bridgehead atoms. The SMILES string of the molecule is Cc1cc(Br)ccc1N1CCN(C(C)(C)CN)CC1. The first-order valence-corrected chi connectivity index (χ1v) is 7.69. The predicted octanol–water partition coefficient (Wildman–Crippen LogP) is 2.62. The average Bonchev–Trinajstić information content (AvgIpc) is 2.39. The van der Waals surface area contributed by atoms with Gasteiger partial charge in [-0.2, -0.15) is 0 Å². The van der Waals surface area contributed by atoms with Crippen molar-refractivity contribution in [2.45, 2.75) is 26.3 Å². The summed E-state index contributed by atoms with van der Waals surface area (Å²) in [7, 11) is 0. The Bertz CT molecular complexity index is 437. The Morgan fingerprint density at radius 2 is 1.84 bits per heavy atom. The van der Waals surface area contributed by atoms with Crippen molar-refractivity contribution in [2.75, 3.05) is 37.6 Å². The smallest absolute Gasteiger partial charge is 0.0397 e. The number of benzene rings is 1. The summed E-state index contributed by atoms with van der Waals surface area (Å²) in [6.07, 6.45) is 0. The van der Waals surface area contributed by atoms with Gasteiger partial charge in [0.25, 0.3) is 0 Å². The van der Waals surface area contributed by atoms with Crippen molar-refractivity contribution in [1.29, 1.82) is 0 Å². The highest BCUT2D eigenvalue weighted by Gasteiger charge is 2.28. The van der Waals surface area contributed by atoms with Crippen molar-refractivity contribution in [2.24, 2.45) is 5.73 Å². The third-order valence-electron chi connectivity index (χ3n) is 4.13. The van der Waals surface area contributed by atoms with Gasteiger partial charge in [-0.25, -0.2) is 0 Å². The number of anilines is 1. The fraction of sp³-hybridized carbons (Fsp3) is 0.600. The maximum absolute atomic E-state index is 5.86. The number of piperazine rings is 1. The quantitative estimate of drug-likeness (QED) is 0.927. The van der Waals surface area contributed by atoms with E-state index >= 15 is 0 Å². The molecular formula is C15H24BrN3. The highest BCUT2D eigenvalue weighted by Crippen LogP contribution is 2.26. The van der Waals surface area contributed by atoms with E-state index in [9.17, 15) is 0 Å². The molecule has 1 saturated heterocycles. The van der Waals surface area contributed by atoms with Crippen molar-refractivity contribution in [3.63, 3.8) is 0 Å². The van der Waals surface area contributed by atoms with Gasteiger partial charge in [-0.3, -0.25) is 4.90 Å². The number of hydrogen-bond donors (Lipinski definition) is 1. The third kappa shape index (κ3) is 3.30. The molecule has 106 valence electrons. The number of nitrogens with zero attached hydrogens (tertiary/aromatic N) is 2. The summed E-state index contributed by atoms with van der Waals surface area (Å²) in [6.45, 7) is 11.7. The van der Waals surface area contributed by atoms with Gasteiger partial charge in [0.05, 0.1) is 0 Å². The maximum atomic E-state index is 5.86. The molecule has 0 radical (unpaired) electrons. The van der Waals surface area contributed by atoms with Crippen LogP contribution < -0.4 is 10.6 Å². The molecular weight excluding hydrogens is 302 g/mol. The van der Waals surface area contributed by atoms with E-state index in [0.29, 0.717) is 6.54 Å². The Morgan fingerprint density at radius 3 is 2.37 bits per heavy atom. The molecule has 0 aromatic heterocycles. The van der Waals surface area contributed by atoms with Gasteiger partial charge in [-0.1, -0.05) is 15.9 Å². The second kappa shape index (κ2) is 5.81. The lowest BCUT2D eigenvalue weighted by Crippen LogP contribution is -2.57. The number of hydrogen-bond acceptors (Lipinski definition) is 3. The fourth-order valence-corrected chi connectivity index (χ4v) is 3.13. The van der Waals surface area contributed by atoms with Gasteiger partial charge < -0.3 is 10.6 Å². The van der Waals surface area contributed by atoms with Crippen molar-refractivity contribution in [3.8, 4) is 0 Å². The molecule has 19 heavy (non-hydrogen) atoms. The molecule has 1 aromatic rings. The van der Waals surface area contributed by atoms with Crippen LogP contribution in [0.1, 0.15) is 19.4 Å². The second-order valence-electron chi connectivity index (χ2n) is 5.92. The van der Waals surface area contributed by atoms with Crippen LogP contribution >= 0.6 is 15.9 Å². The normalized spacial score (nSPS) is 17.8. The summed E-state index contributed by atoms with van der Waals surface area (Å²) in [6, 6.07) is 6.52. The zero-order chi connectivity index (χ0) is 14.0. The topological polar surface area (TPSA) is 32.5 Å². The van der Waals surface area contributed by atoms with Crippen molar-refractivity contribution in [3.05, 3.63) is 28.2 Å². The predicted molar refractivity (Wildman–Crippen MR) is 85.8 cm³/mol. The van der Waals surface area contributed by atoms with E-state index in [2.05, 4.69) is 64.7 Å². The summed E-state index contributed by atoms with van der Waals surface area (Å²) in [4.78, 5) is 4.97. The summed E-state index contributed by atoms with van der Waals surface area (Å²) >= 11 is 3.52. The van der Waals surface area contributed by atoms with Crippen LogP contribution in [0.2, 0.25) is 0 Å². The molecule has 0 saturated carbocycles. The van der Waals surface area contributed by atoms with Crippen LogP contribution in [-0.2, 0) is 0 Å². The Morgan fingerprint density at radius 1 is 1.21 bits per heavy atom. The van der Waals surface area contributed by atoms with Gasteiger partial charge in [0.1, 0.15) is 0 Å². The molecule has 2 N–H and O–H groups in total. The third-order valence-corrected chi connectivity index (χ3v) is 4.63. The van der Waals surface area contributed by atoms with Crippen molar-refractivity contribution >= 4 is 21.6 Å². The molecule has 1 aliphatic heterocycles. The van der Waals surface area contributed by atoms with Crippen LogP contribution in [-0.4, -0.2) is 43.2 Å². The molecule has 0 amide bonds. The molecule has 0 unspecified atom stereocenters. The van der Waals surface area contributed by atoms with Gasteiger partial charge in [0, 0.05) is 48.4 Å². The first-order chi connectivity index (χ1) is 8.94. The molecule has 1 fully saturated rings. The average molecular weight is 326 g/mol. The lowest BCUT2D eigenvalue weighted by atomic mass is 10.0. The van der Waals surface area contributed by atoms with Crippen LogP contribution in [0.5, 0.6) is 0 Å². The molecule has 4 heteroatoms. The van der Waals surface area contributed by atoms with E-state index in [1.165, 1.54) is 11.3 Å². The molecule has 0 atom stereocenters. The largest absolute Gasteiger partial charge is 0.369 e. The highest BCUT2D eigenvalue weighted by molar-refractivity contribution is 9.10. The van der Waals surface area contributed by atoms with Crippen LogP contribution in [0, 0.1) is 6.92 Å². The van der Waals surface area contributed by atoms with E-state index in [0.717, 1.165) is 30.7 Å². The zero-order valence-electron chi connectivity index (χ0n) is 12.1. The Hall–Kier alpha value is -0.580. The highest BCUT2D eigenvalue weighted by atomic mass is 79.9. The number of rotatable bonds is 3. The van der Waals surface area contributed by atoms with Crippen molar-refractivity contribution < 1.29 is 0 Å². The minimum atomic E-state index is 0.112. The number of nitrogens with two attached hydrogens (primary N) is 1. The Balaban J connectivity index is 2.04. The van der Waals surface area contributed by atoms with Gasteiger partial charge in [-0.15, -0.1) is 0 Å². The van der Waals surface area contributed by atoms with Crippen LogP contribution in [0.4, 0.5) is 5.69 Å². The first-order valence-electron chi connectivity index (χ1n) is 6.90. The van der Waals surface area contributed by atoms with Gasteiger partial charge >= 0.3 is 0 Å². The second-order valence-corrected chi connectivity index (χ2v) is 6.84. The molecule has 1 heterocycles. The van der Waals surface area contributed by atoms with Crippen molar-refractivity contribution in [1.82, 2.24) is 4.90 Å². The lowest BCUT2D eigenvalue weighted by molar-refractivity contribution is 0.119.